The molecule has 6 atom stereocenters. The Bertz CT molecular complexity index is 693. The lowest BCUT2D eigenvalue weighted by molar-refractivity contribution is -0.253. The Morgan fingerprint density at radius 1 is 1.27 bits per heavy atom. The minimum absolute atomic E-state index is 0.0449. The van der Waals surface area contributed by atoms with Crippen molar-refractivity contribution in [3.8, 4) is 0 Å². The van der Waals surface area contributed by atoms with Crippen LogP contribution < -0.4 is 0 Å². The normalized spacial score (nSPS) is 38.8. The zero-order chi connectivity index (χ0) is 18.2. The Hall–Kier alpha value is -1.59. The highest BCUT2D eigenvalue weighted by molar-refractivity contribution is 5.25. The predicted octanol–water partition coefficient (Wildman–Crippen LogP) is 4.01. The number of nitrogens with zero attached hydrogens (tertiary/aromatic N) is 3. The minimum Gasteiger partial charge on any atom is -0.389 e. The van der Waals surface area contributed by atoms with Gasteiger partial charge in [0, 0.05) is 24.4 Å². The summed E-state index contributed by atoms with van der Waals surface area (Å²) in [6.45, 7) is 1.14. The average molecular weight is 357 g/mol. The van der Waals surface area contributed by atoms with Gasteiger partial charge in [0.25, 0.3) is 0 Å². The van der Waals surface area contributed by atoms with E-state index in [1.54, 1.807) is 7.11 Å². The maximum Gasteiger partial charge on any atom is 0.0716 e. The fourth-order valence-corrected chi connectivity index (χ4v) is 6.19. The number of rotatable bonds is 7. The second-order valence-electron chi connectivity index (χ2n) is 8.37. The average Bonchev–Trinajstić information content (AvgIpc) is 2.60. The van der Waals surface area contributed by atoms with Gasteiger partial charge < -0.3 is 14.6 Å². The van der Waals surface area contributed by atoms with E-state index in [0.29, 0.717) is 31.5 Å². The largest absolute Gasteiger partial charge is 0.389 e. The van der Waals surface area contributed by atoms with Gasteiger partial charge in [0.1, 0.15) is 0 Å². The molecule has 0 saturated heterocycles. The van der Waals surface area contributed by atoms with Gasteiger partial charge in [0.15, 0.2) is 0 Å². The number of hydrogen-bond donors (Lipinski definition) is 1. The summed E-state index contributed by atoms with van der Waals surface area (Å²) in [6.07, 6.45) is 4.47. The standard InChI is InChI=1S/C20H27N3O3/c1-25-7-8-26-19-10-14-9-16(12-19)17(20(24,11-14)13-19)18(22-23-21)15-5-3-2-4-6-15/h2-6,14,16-18,24H,7-13H2,1H3/t14?,16?,17-,18?,19+,20+/m1/s1. The van der Waals surface area contributed by atoms with Crippen LogP contribution in [-0.2, 0) is 9.47 Å². The summed E-state index contributed by atoms with van der Waals surface area (Å²) < 4.78 is 11.4. The SMILES string of the molecule is COCCO[C@@]12CC3CC(C1)[C@H](C(N=[N+]=[N-])c1ccccc1)[C@](O)(C3)C2. The van der Waals surface area contributed by atoms with Crippen molar-refractivity contribution in [2.75, 3.05) is 20.3 Å². The summed E-state index contributed by atoms with van der Waals surface area (Å²) >= 11 is 0. The molecule has 1 aromatic carbocycles. The summed E-state index contributed by atoms with van der Waals surface area (Å²) in [5, 5.41) is 15.8. The lowest BCUT2D eigenvalue weighted by atomic mass is 9.46. The molecule has 1 N–H and O–H groups in total. The quantitative estimate of drug-likeness (QED) is 0.346. The molecule has 26 heavy (non-hydrogen) atoms. The first-order valence-corrected chi connectivity index (χ1v) is 9.54. The highest BCUT2D eigenvalue weighted by Crippen LogP contribution is 2.64. The number of hydrogen-bond acceptors (Lipinski definition) is 4. The monoisotopic (exact) mass is 357 g/mol. The van der Waals surface area contributed by atoms with Crippen molar-refractivity contribution < 1.29 is 14.6 Å². The Kier molecular flexibility index (Phi) is 4.70. The lowest BCUT2D eigenvalue weighted by Crippen LogP contribution is -2.65. The highest BCUT2D eigenvalue weighted by atomic mass is 16.5. The molecule has 3 unspecified atom stereocenters. The molecule has 0 amide bonds. The zero-order valence-electron chi connectivity index (χ0n) is 15.3. The van der Waals surface area contributed by atoms with E-state index in [9.17, 15) is 5.11 Å². The van der Waals surface area contributed by atoms with Crippen LogP contribution in [0.4, 0.5) is 0 Å². The molecule has 0 aromatic heterocycles. The number of azide groups is 1. The second kappa shape index (κ2) is 6.86. The van der Waals surface area contributed by atoms with Crippen LogP contribution in [0.15, 0.2) is 35.4 Å². The maximum absolute atomic E-state index is 11.6. The van der Waals surface area contributed by atoms with Crippen LogP contribution in [0.1, 0.15) is 43.7 Å². The van der Waals surface area contributed by atoms with E-state index < -0.39 is 5.60 Å². The van der Waals surface area contributed by atoms with Crippen LogP contribution >= 0.6 is 0 Å². The molecule has 4 saturated carbocycles. The van der Waals surface area contributed by atoms with E-state index in [-0.39, 0.29) is 17.6 Å². The summed E-state index contributed by atoms with van der Waals surface area (Å²) in [6, 6.07) is 9.56. The van der Waals surface area contributed by atoms with E-state index in [1.165, 1.54) is 0 Å². The third-order valence-corrected chi connectivity index (χ3v) is 6.68. The zero-order valence-corrected chi connectivity index (χ0v) is 15.3. The molecular formula is C20H27N3O3. The maximum atomic E-state index is 11.6. The van der Waals surface area contributed by atoms with Crippen molar-refractivity contribution in [2.45, 2.75) is 49.3 Å². The third kappa shape index (κ3) is 3.01. The van der Waals surface area contributed by atoms with Gasteiger partial charge in [-0.2, -0.15) is 0 Å². The van der Waals surface area contributed by atoms with Gasteiger partial charge in [-0.05, 0) is 48.6 Å². The van der Waals surface area contributed by atoms with Gasteiger partial charge in [0.2, 0.25) is 0 Å². The van der Waals surface area contributed by atoms with E-state index in [1.807, 2.05) is 30.3 Å². The predicted molar refractivity (Wildman–Crippen MR) is 97.4 cm³/mol. The Morgan fingerprint density at radius 3 is 2.77 bits per heavy atom. The van der Waals surface area contributed by atoms with Crippen LogP contribution in [0.25, 0.3) is 10.4 Å². The van der Waals surface area contributed by atoms with Crippen LogP contribution in [-0.4, -0.2) is 36.6 Å². The first kappa shape index (κ1) is 17.8. The van der Waals surface area contributed by atoms with Gasteiger partial charge in [-0.1, -0.05) is 35.4 Å². The molecule has 0 aliphatic heterocycles. The first-order chi connectivity index (χ1) is 12.6. The fourth-order valence-electron chi connectivity index (χ4n) is 6.19. The molecule has 1 aromatic rings. The molecule has 5 rings (SSSR count). The van der Waals surface area contributed by atoms with Crippen LogP contribution in [0.5, 0.6) is 0 Å². The molecular weight excluding hydrogens is 330 g/mol. The molecule has 4 aliphatic carbocycles. The lowest BCUT2D eigenvalue weighted by Gasteiger charge is -2.64. The molecule has 6 nitrogen and oxygen atoms in total. The van der Waals surface area contributed by atoms with Gasteiger partial charge in [-0.3, -0.25) is 0 Å². The molecule has 0 radical (unpaired) electrons. The smallest absolute Gasteiger partial charge is 0.0716 e. The van der Waals surface area contributed by atoms with Gasteiger partial charge in [-0.25, -0.2) is 0 Å². The molecule has 4 aliphatic rings. The Labute approximate surface area is 154 Å². The molecule has 4 bridgehead atoms. The van der Waals surface area contributed by atoms with E-state index in [2.05, 4.69) is 10.0 Å². The Balaban J connectivity index is 1.64. The van der Waals surface area contributed by atoms with Crippen LogP contribution in [0, 0.1) is 17.8 Å². The first-order valence-electron chi connectivity index (χ1n) is 9.54. The topological polar surface area (TPSA) is 87.5 Å². The second-order valence-corrected chi connectivity index (χ2v) is 8.37. The van der Waals surface area contributed by atoms with E-state index >= 15 is 0 Å². The molecule has 0 heterocycles. The molecule has 4 fully saturated rings. The highest BCUT2D eigenvalue weighted by Gasteiger charge is 2.64. The van der Waals surface area contributed by atoms with E-state index in [4.69, 9.17) is 15.0 Å². The summed E-state index contributed by atoms with van der Waals surface area (Å²) in [4.78, 5) is 3.12. The number of methoxy groups -OCH3 is 1. The molecule has 0 spiro atoms. The van der Waals surface area contributed by atoms with Crippen LogP contribution in [0.2, 0.25) is 0 Å². The molecule has 140 valence electrons. The van der Waals surface area contributed by atoms with Crippen molar-refractivity contribution >= 4 is 0 Å². The minimum atomic E-state index is -0.828. The third-order valence-electron chi connectivity index (χ3n) is 6.68. The van der Waals surface area contributed by atoms with Crippen molar-refractivity contribution in [1.82, 2.24) is 0 Å². The van der Waals surface area contributed by atoms with Crippen molar-refractivity contribution in [3.05, 3.63) is 46.3 Å². The number of aliphatic hydroxyl groups is 1. The van der Waals surface area contributed by atoms with Gasteiger partial charge in [0.05, 0.1) is 30.5 Å². The van der Waals surface area contributed by atoms with Gasteiger partial charge in [-0.15, -0.1) is 0 Å². The van der Waals surface area contributed by atoms with Crippen molar-refractivity contribution in [3.63, 3.8) is 0 Å². The molecule has 6 heteroatoms. The number of ether oxygens (including phenoxy) is 2. The van der Waals surface area contributed by atoms with Crippen molar-refractivity contribution in [1.29, 1.82) is 0 Å². The van der Waals surface area contributed by atoms with Gasteiger partial charge >= 0.3 is 0 Å². The summed E-state index contributed by atoms with van der Waals surface area (Å²) in [7, 11) is 1.68. The summed E-state index contributed by atoms with van der Waals surface area (Å²) in [5.74, 6) is 0.768. The fraction of sp³-hybridized carbons (Fsp3) is 0.700. The van der Waals surface area contributed by atoms with Crippen molar-refractivity contribution in [2.24, 2.45) is 22.9 Å². The summed E-state index contributed by atoms with van der Waals surface area (Å²) in [5.41, 5.74) is 9.09. The van der Waals surface area contributed by atoms with E-state index in [0.717, 1.165) is 31.2 Å². The number of benzene rings is 1. The van der Waals surface area contributed by atoms with Crippen LogP contribution in [0.3, 0.4) is 0 Å². The Morgan fingerprint density at radius 2 is 2.08 bits per heavy atom.